The van der Waals surface area contributed by atoms with Crippen molar-refractivity contribution in [3.05, 3.63) is 42.2 Å². The van der Waals surface area contributed by atoms with Crippen molar-refractivity contribution in [1.29, 1.82) is 0 Å². The molecule has 7 heteroatoms. The van der Waals surface area contributed by atoms with E-state index in [1.54, 1.807) is 12.5 Å². The first-order valence-corrected chi connectivity index (χ1v) is 7.45. The van der Waals surface area contributed by atoms with Crippen molar-refractivity contribution in [3.63, 3.8) is 0 Å². The lowest BCUT2D eigenvalue weighted by molar-refractivity contribution is 0.169. The summed E-state index contributed by atoms with van der Waals surface area (Å²) in [5, 5.41) is 7.30. The summed E-state index contributed by atoms with van der Waals surface area (Å²) in [6.45, 7) is 5.33. The third-order valence-corrected chi connectivity index (χ3v) is 3.76. The first-order valence-electron chi connectivity index (χ1n) is 7.45. The van der Waals surface area contributed by atoms with Crippen LogP contribution in [0.2, 0.25) is 0 Å². The molecule has 3 rings (SSSR count). The highest BCUT2D eigenvalue weighted by molar-refractivity contribution is 5.79. The Morgan fingerprint density at radius 3 is 2.77 bits per heavy atom. The highest BCUT2D eigenvalue weighted by atomic mass is 16.5. The van der Waals surface area contributed by atoms with Gasteiger partial charge in [0.25, 0.3) is 0 Å². The number of piperazine rings is 1. The van der Waals surface area contributed by atoms with Crippen LogP contribution in [0.25, 0.3) is 0 Å². The van der Waals surface area contributed by atoms with Crippen molar-refractivity contribution in [2.24, 2.45) is 4.99 Å². The largest absolute Gasteiger partial charge is 0.467 e. The van der Waals surface area contributed by atoms with Gasteiger partial charge < -0.3 is 19.2 Å². The molecule has 1 aliphatic rings. The number of aromatic nitrogens is 1. The maximum Gasteiger partial charge on any atom is 0.194 e. The lowest BCUT2D eigenvalue weighted by atomic mass is 10.3. The lowest BCUT2D eigenvalue weighted by Crippen LogP contribution is -2.52. The second-order valence-electron chi connectivity index (χ2n) is 5.23. The van der Waals surface area contributed by atoms with Crippen molar-refractivity contribution in [2.75, 3.05) is 33.2 Å². The molecule has 0 atom stereocenters. The normalized spacial score (nSPS) is 17.0. The molecule has 7 nitrogen and oxygen atoms in total. The van der Waals surface area contributed by atoms with Gasteiger partial charge in [-0.15, -0.1) is 0 Å². The van der Waals surface area contributed by atoms with Crippen LogP contribution in [0.15, 0.2) is 44.7 Å². The third kappa shape index (κ3) is 3.67. The number of nitrogens with one attached hydrogen (secondary N) is 1. The molecular formula is C15H21N5O2. The molecule has 2 aromatic rings. The summed E-state index contributed by atoms with van der Waals surface area (Å²) in [5.74, 6) is 1.82. The van der Waals surface area contributed by atoms with E-state index in [4.69, 9.17) is 8.94 Å². The Labute approximate surface area is 129 Å². The zero-order valence-electron chi connectivity index (χ0n) is 12.7. The molecule has 0 unspecified atom stereocenters. The molecule has 0 bridgehead atoms. The first-order chi connectivity index (χ1) is 10.8. The second-order valence-corrected chi connectivity index (χ2v) is 5.23. The van der Waals surface area contributed by atoms with E-state index < -0.39 is 0 Å². The summed E-state index contributed by atoms with van der Waals surface area (Å²) in [6.07, 6.45) is 3.30. The number of nitrogens with zero attached hydrogens (tertiary/aromatic N) is 4. The average Bonchev–Trinajstić information content (AvgIpc) is 3.23. The molecule has 1 saturated heterocycles. The lowest BCUT2D eigenvalue weighted by Gasteiger charge is -2.36. The van der Waals surface area contributed by atoms with Crippen molar-refractivity contribution in [1.82, 2.24) is 20.3 Å². The van der Waals surface area contributed by atoms with Gasteiger partial charge in [-0.1, -0.05) is 5.16 Å². The fraction of sp³-hybridized carbons (Fsp3) is 0.467. The Hall–Kier alpha value is -2.28. The van der Waals surface area contributed by atoms with Gasteiger partial charge in [0.05, 0.1) is 18.5 Å². The predicted molar refractivity (Wildman–Crippen MR) is 82.3 cm³/mol. The minimum atomic E-state index is 0.652. The van der Waals surface area contributed by atoms with Crippen molar-refractivity contribution < 1.29 is 8.94 Å². The molecule has 2 aromatic heterocycles. The van der Waals surface area contributed by atoms with Crippen LogP contribution in [0, 0.1) is 0 Å². The van der Waals surface area contributed by atoms with E-state index in [-0.39, 0.29) is 0 Å². The van der Waals surface area contributed by atoms with Gasteiger partial charge in [0.2, 0.25) is 0 Å². The Bertz CT molecular complexity index is 571. The number of guanidine groups is 1. The van der Waals surface area contributed by atoms with Gasteiger partial charge in [0, 0.05) is 45.8 Å². The van der Waals surface area contributed by atoms with Gasteiger partial charge in [-0.05, 0) is 12.1 Å². The Kier molecular flexibility index (Phi) is 4.75. The summed E-state index contributed by atoms with van der Waals surface area (Å²) >= 11 is 0. The van der Waals surface area contributed by atoms with E-state index in [9.17, 15) is 0 Å². The summed E-state index contributed by atoms with van der Waals surface area (Å²) < 4.78 is 10.2. The van der Waals surface area contributed by atoms with E-state index in [2.05, 4.69) is 25.3 Å². The topological polar surface area (TPSA) is 70.0 Å². The van der Waals surface area contributed by atoms with E-state index in [1.807, 2.05) is 25.2 Å². The Balaban J connectivity index is 1.46. The molecule has 1 N–H and O–H groups in total. The van der Waals surface area contributed by atoms with Gasteiger partial charge in [-0.25, -0.2) is 0 Å². The number of rotatable bonds is 4. The molecule has 118 valence electrons. The molecule has 0 aromatic carbocycles. The fourth-order valence-corrected chi connectivity index (χ4v) is 2.58. The zero-order chi connectivity index (χ0) is 15.2. The minimum Gasteiger partial charge on any atom is -0.467 e. The van der Waals surface area contributed by atoms with Crippen LogP contribution in [-0.2, 0) is 13.1 Å². The standard InChI is InChI=1S/C15H21N5O2/c1-16-15(17-11-14-3-2-9-21-14)20-7-5-19(6-8-20)12-13-4-10-22-18-13/h2-4,9-10H,5-8,11-12H2,1H3,(H,16,17). The first kappa shape index (κ1) is 14.6. The van der Waals surface area contributed by atoms with Gasteiger partial charge in [0.1, 0.15) is 12.0 Å². The summed E-state index contributed by atoms with van der Waals surface area (Å²) in [7, 11) is 1.81. The van der Waals surface area contributed by atoms with Crippen LogP contribution in [0.5, 0.6) is 0 Å². The molecule has 0 saturated carbocycles. The number of hydrogen-bond acceptors (Lipinski definition) is 5. The summed E-state index contributed by atoms with van der Waals surface area (Å²) in [5.41, 5.74) is 0.980. The highest BCUT2D eigenvalue weighted by Crippen LogP contribution is 2.07. The second kappa shape index (κ2) is 7.13. The Morgan fingerprint density at radius 1 is 1.27 bits per heavy atom. The van der Waals surface area contributed by atoms with E-state index in [0.717, 1.165) is 50.1 Å². The van der Waals surface area contributed by atoms with E-state index in [0.29, 0.717) is 6.54 Å². The highest BCUT2D eigenvalue weighted by Gasteiger charge is 2.20. The third-order valence-electron chi connectivity index (χ3n) is 3.76. The molecule has 0 radical (unpaired) electrons. The molecule has 1 fully saturated rings. The van der Waals surface area contributed by atoms with Crippen LogP contribution < -0.4 is 5.32 Å². The molecule has 0 spiro atoms. The van der Waals surface area contributed by atoms with E-state index >= 15 is 0 Å². The van der Waals surface area contributed by atoms with Crippen LogP contribution in [-0.4, -0.2) is 54.1 Å². The van der Waals surface area contributed by atoms with Gasteiger partial charge in [0.15, 0.2) is 5.96 Å². The zero-order valence-corrected chi connectivity index (χ0v) is 12.7. The fourth-order valence-electron chi connectivity index (χ4n) is 2.58. The average molecular weight is 303 g/mol. The van der Waals surface area contributed by atoms with Gasteiger partial charge in [-0.2, -0.15) is 0 Å². The monoisotopic (exact) mass is 303 g/mol. The molecule has 0 amide bonds. The van der Waals surface area contributed by atoms with Crippen LogP contribution in [0.3, 0.4) is 0 Å². The van der Waals surface area contributed by atoms with E-state index in [1.165, 1.54) is 0 Å². The molecular weight excluding hydrogens is 282 g/mol. The molecule has 22 heavy (non-hydrogen) atoms. The van der Waals surface area contributed by atoms with Crippen LogP contribution in [0.1, 0.15) is 11.5 Å². The van der Waals surface area contributed by atoms with Crippen LogP contribution in [0.4, 0.5) is 0 Å². The number of furan rings is 1. The quantitative estimate of drug-likeness (QED) is 0.675. The Morgan fingerprint density at radius 2 is 2.14 bits per heavy atom. The van der Waals surface area contributed by atoms with Crippen molar-refractivity contribution >= 4 is 5.96 Å². The smallest absolute Gasteiger partial charge is 0.194 e. The molecule has 1 aliphatic heterocycles. The van der Waals surface area contributed by atoms with Gasteiger partial charge in [-0.3, -0.25) is 9.89 Å². The van der Waals surface area contributed by atoms with Crippen LogP contribution >= 0.6 is 0 Å². The molecule has 0 aliphatic carbocycles. The summed E-state index contributed by atoms with van der Waals surface area (Å²) in [4.78, 5) is 8.99. The SMILES string of the molecule is CN=C(NCc1ccco1)N1CCN(Cc2ccon2)CC1. The van der Waals surface area contributed by atoms with Gasteiger partial charge >= 0.3 is 0 Å². The van der Waals surface area contributed by atoms with Crippen molar-refractivity contribution in [2.45, 2.75) is 13.1 Å². The van der Waals surface area contributed by atoms with Crippen molar-refractivity contribution in [3.8, 4) is 0 Å². The summed E-state index contributed by atoms with van der Waals surface area (Å²) in [6, 6.07) is 5.76. The predicted octanol–water partition coefficient (Wildman–Crippen LogP) is 1.16. The number of aliphatic imine (C=N–C) groups is 1. The maximum absolute atomic E-state index is 5.33. The minimum absolute atomic E-state index is 0.652. The molecule has 3 heterocycles. The number of hydrogen-bond donors (Lipinski definition) is 1. The maximum atomic E-state index is 5.33.